The topological polar surface area (TPSA) is 100 Å². The number of ether oxygens (including phenoxy) is 4. The molecule has 2 aromatic carbocycles. The van der Waals surface area contributed by atoms with Crippen molar-refractivity contribution in [1.82, 2.24) is 0 Å². The molecule has 0 spiro atoms. The molecule has 8 nitrogen and oxygen atoms in total. The number of benzene rings is 2. The van der Waals surface area contributed by atoms with E-state index in [2.05, 4.69) is 17.9 Å². The van der Waals surface area contributed by atoms with Crippen molar-refractivity contribution in [2.75, 3.05) is 32.8 Å². The molecule has 0 fully saturated rings. The molecule has 1 amide bonds. The van der Waals surface area contributed by atoms with Gasteiger partial charge in [-0.05, 0) is 42.3 Å². The lowest BCUT2D eigenvalue weighted by Gasteiger charge is -2.16. The van der Waals surface area contributed by atoms with Crippen molar-refractivity contribution in [2.24, 2.45) is 0 Å². The molecular weight excluding hydrogens is 458 g/mol. The predicted molar refractivity (Wildman–Crippen MR) is 133 cm³/mol. The Balaban J connectivity index is 1.96. The number of thiol groups is 1. The lowest BCUT2D eigenvalue weighted by atomic mass is 10.1. The van der Waals surface area contributed by atoms with E-state index in [1.807, 2.05) is 13.8 Å². The van der Waals surface area contributed by atoms with Crippen LogP contribution in [0.5, 0.6) is 11.5 Å². The molecule has 0 aliphatic carbocycles. The third-order valence-corrected chi connectivity index (χ3v) is 4.76. The number of rotatable bonds is 11. The number of carbonyl (C=O) groups is 3. The first kappa shape index (κ1) is 26.8. The Morgan fingerprint density at radius 3 is 2.38 bits per heavy atom. The van der Waals surface area contributed by atoms with E-state index in [0.29, 0.717) is 17.9 Å². The first-order valence-corrected chi connectivity index (χ1v) is 10.9. The minimum absolute atomic E-state index is 0.111. The number of anilines is 1. The highest BCUT2D eigenvalue weighted by Gasteiger charge is 2.17. The fraction of sp³-hybridized carbons (Fsp3) is 0.320. The van der Waals surface area contributed by atoms with E-state index in [9.17, 15) is 14.4 Å². The highest BCUT2D eigenvalue weighted by Crippen LogP contribution is 2.28. The van der Waals surface area contributed by atoms with Gasteiger partial charge in [0.15, 0.2) is 18.1 Å². The first-order chi connectivity index (χ1) is 16.1. The zero-order valence-corrected chi connectivity index (χ0v) is 20.5. The van der Waals surface area contributed by atoms with E-state index in [0.717, 1.165) is 5.56 Å². The molecule has 34 heavy (non-hydrogen) atoms. The van der Waals surface area contributed by atoms with Crippen molar-refractivity contribution in [2.45, 2.75) is 25.0 Å². The zero-order chi connectivity index (χ0) is 25.1. The fourth-order valence-electron chi connectivity index (χ4n) is 2.73. The predicted octanol–water partition coefficient (Wildman–Crippen LogP) is 4.15. The fourth-order valence-corrected chi connectivity index (χ4v) is 2.82. The second-order valence-electron chi connectivity index (χ2n) is 7.84. The molecule has 0 aliphatic heterocycles. The maximum Gasteiger partial charge on any atom is 0.344 e. The SMILES string of the molecule is COc1ccc(/C=C/C(=O)Nc2ccccc2C(=O)OCC(=O)OCCC(C)(C)S)cc1OC. The van der Waals surface area contributed by atoms with Gasteiger partial charge in [-0.2, -0.15) is 12.6 Å². The van der Waals surface area contributed by atoms with E-state index in [4.69, 9.17) is 18.9 Å². The standard InChI is InChI=1S/C25H29NO7S/c1-25(2,34)13-14-32-23(28)16-33-24(29)18-7-5-6-8-19(18)26-22(27)12-10-17-9-11-20(30-3)21(15-17)31-4/h5-12,15,34H,13-14,16H2,1-4H3,(H,26,27)/b12-10+. The molecule has 0 radical (unpaired) electrons. The summed E-state index contributed by atoms with van der Waals surface area (Å²) in [4.78, 5) is 36.7. The number of nitrogens with one attached hydrogen (secondary N) is 1. The Labute approximate surface area is 204 Å². The summed E-state index contributed by atoms with van der Waals surface area (Å²) in [6, 6.07) is 11.6. The number of hydrogen-bond acceptors (Lipinski definition) is 8. The van der Waals surface area contributed by atoms with Gasteiger partial charge in [-0.15, -0.1) is 0 Å². The summed E-state index contributed by atoms with van der Waals surface area (Å²) in [6.45, 7) is 3.44. The molecule has 0 heterocycles. The number of esters is 2. The van der Waals surface area contributed by atoms with Gasteiger partial charge < -0.3 is 24.3 Å². The average molecular weight is 488 g/mol. The lowest BCUT2D eigenvalue weighted by Crippen LogP contribution is -2.21. The molecule has 0 atom stereocenters. The summed E-state index contributed by atoms with van der Waals surface area (Å²) in [5.74, 6) is -0.766. The molecule has 0 saturated carbocycles. The summed E-state index contributed by atoms with van der Waals surface area (Å²) in [6.07, 6.45) is 3.48. The number of amides is 1. The molecule has 182 valence electrons. The van der Waals surface area contributed by atoms with Crippen molar-refractivity contribution in [3.05, 3.63) is 59.7 Å². The van der Waals surface area contributed by atoms with Crippen molar-refractivity contribution < 1.29 is 33.3 Å². The van der Waals surface area contributed by atoms with Crippen molar-refractivity contribution in [3.63, 3.8) is 0 Å². The van der Waals surface area contributed by atoms with Crippen LogP contribution >= 0.6 is 12.6 Å². The summed E-state index contributed by atoms with van der Waals surface area (Å²) in [5, 5.41) is 2.64. The minimum atomic E-state index is -0.758. The van der Waals surface area contributed by atoms with Crippen LogP contribution < -0.4 is 14.8 Å². The Bertz CT molecular complexity index is 1040. The second kappa shape index (κ2) is 12.7. The number of carbonyl (C=O) groups excluding carboxylic acids is 3. The minimum Gasteiger partial charge on any atom is -0.493 e. The van der Waals surface area contributed by atoms with Gasteiger partial charge in [-0.25, -0.2) is 9.59 Å². The van der Waals surface area contributed by atoms with Gasteiger partial charge in [-0.1, -0.05) is 32.0 Å². The van der Waals surface area contributed by atoms with Gasteiger partial charge >= 0.3 is 11.9 Å². The molecule has 0 aliphatic rings. The third-order valence-electron chi connectivity index (χ3n) is 4.54. The average Bonchev–Trinajstić information content (AvgIpc) is 2.80. The normalized spacial score (nSPS) is 11.1. The number of methoxy groups -OCH3 is 2. The maximum absolute atomic E-state index is 12.5. The van der Waals surface area contributed by atoms with Gasteiger partial charge in [0.05, 0.1) is 32.1 Å². The molecular formula is C25H29NO7S. The quantitative estimate of drug-likeness (QED) is 0.279. The third kappa shape index (κ3) is 8.82. The van der Waals surface area contributed by atoms with Gasteiger partial charge in [0.2, 0.25) is 5.91 Å². The van der Waals surface area contributed by atoms with E-state index >= 15 is 0 Å². The van der Waals surface area contributed by atoms with Crippen LogP contribution in [-0.2, 0) is 19.1 Å². The monoisotopic (exact) mass is 487 g/mol. The van der Waals surface area contributed by atoms with Crippen LogP contribution in [0.3, 0.4) is 0 Å². The molecule has 9 heteroatoms. The van der Waals surface area contributed by atoms with Gasteiger partial charge in [0.25, 0.3) is 0 Å². The largest absolute Gasteiger partial charge is 0.493 e. The second-order valence-corrected chi connectivity index (χ2v) is 9.05. The maximum atomic E-state index is 12.5. The molecule has 0 aromatic heterocycles. The van der Waals surface area contributed by atoms with Crippen LogP contribution in [-0.4, -0.2) is 50.0 Å². The summed E-state index contributed by atoms with van der Waals surface area (Å²) in [7, 11) is 3.06. The summed E-state index contributed by atoms with van der Waals surface area (Å²) in [5.41, 5.74) is 1.08. The number of para-hydroxylation sites is 1. The molecule has 0 saturated heterocycles. The van der Waals surface area contributed by atoms with Gasteiger partial charge in [-0.3, -0.25) is 4.79 Å². The Kier molecular flexibility index (Phi) is 10.0. The highest BCUT2D eigenvalue weighted by molar-refractivity contribution is 7.81. The van der Waals surface area contributed by atoms with Crippen LogP contribution in [0.1, 0.15) is 36.2 Å². The van der Waals surface area contributed by atoms with E-state index < -0.39 is 24.5 Å². The van der Waals surface area contributed by atoms with Crippen molar-refractivity contribution in [3.8, 4) is 11.5 Å². The van der Waals surface area contributed by atoms with E-state index in [-0.39, 0.29) is 22.6 Å². The molecule has 1 N–H and O–H groups in total. The first-order valence-electron chi connectivity index (χ1n) is 10.5. The number of hydrogen-bond donors (Lipinski definition) is 2. The van der Waals surface area contributed by atoms with Crippen molar-refractivity contribution >= 4 is 42.2 Å². The van der Waals surface area contributed by atoms with Crippen LogP contribution in [0.25, 0.3) is 6.08 Å². The molecule has 2 rings (SSSR count). The Morgan fingerprint density at radius 2 is 1.71 bits per heavy atom. The smallest absolute Gasteiger partial charge is 0.344 e. The summed E-state index contributed by atoms with van der Waals surface area (Å²) < 4.78 is 20.3. The highest BCUT2D eigenvalue weighted by atomic mass is 32.1. The van der Waals surface area contributed by atoms with Gasteiger partial charge in [0, 0.05) is 10.8 Å². The van der Waals surface area contributed by atoms with Crippen LogP contribution in [0.15, 0.2) is 48.5 Å². The van der Waals surface area contributed by atoms with Crippen molar-refractivity contribution in [1.29, 1.82) is 0 Å². The molecule has 0 bridgehead atoms. The van der Waals surface area contributed by atoms with Crippen LogP contribution in [0, 0.1) is 0 Å². The van der Waals surface area contributed by atoms with Crippen LogP contribution in [0.4, 0.5) is 5.69 Å². The van der Waals surface area contributed by atoms with E-state index in [1.165, 1.54) is 26.4 Å². The van der Waals surface area contributed by atoms with Crippen LogP contribution in [0.2, 0.25) is 0 Å². The molecule has 2 aromatic rings. The lowest BCUT2D eigenvalue weighted by molar-refractivity contribution is -0.147. The zero-order valence-electron chi connectivity index (χ0n) is 19.6. The molecule has 0 unspecified atom stereocenters. The van der Waals surface area contributed by atoms with Gasteiger partial charge in [0.1, 0.15) is 0 Å². The summed E-state index contributed by atoms with van der Waals surface area (Å²) >= 11 is 4.35. The van der Waals surface area contributed by atoms with E-state index in [1.54, 1.807) is 42.5 Å². The Morgan fingerprint density at radius 1 is 1.00 bits per heavy atom. The Hall–Kier alpha value is -3.46.